The third-order valence-electron chi connectivity index (χ3n) is 6.04. The van der Waals surface area contributed by atoms with Crippen LogP contribution in [-0.4, -0.2) is 43.3 Å². The van der Waals surface area contributed by atoms with Crippen LogP contribution in [0.25, 0.3) is 0 Å². The number of aryl methyl sites for hydroxylation is 2. The van der Waals surface area contributed by atoms with Gasteiger partial charge in [-0.2, -0.15) is 0 Å². The Morgan fingerprint density at radius 1 is 0.923 bits per heavy atom. The number of nitrogens with one attached hydrogen (secondary N) is 1. The molecule has 0 aliphatic carbocycles. The van der Waals surface area contributed by atoms with Crippen molar-refractivity contribution in [1.82, 2.24) is 10.2 Å². The van der Waals surface area contributed by atoms with Gasteiger partial charge in [0, 0.05) is 17.1 Å². The SMILES string of the molecule is Cc1cc(C)cc(N(CC(=O)N(Cc2ccc(Cl)cc2)C(C)C(=O)NC(C)(C)C)S(=O)(=O)c2ccccc2)c1. The molecular formula is C30H36ClN3O4S. The fourth-order valence-electron chi connectivity index (χ4n) is 4.19. The Morgan fingerprint density at radius 2 is 1.49 bits per heavy atom. The molecule has 0 radical (unpaired) electrons. The van der Waals surface area contributed by atoms with Gasteiger partial charge >= 0.3 is 0 Å². The lowest BCUT2D eigenvalue weighted by atomic mass is 10.1. The smallest absolute Gasteiger partial charge is 0.264 e. The minimum atomic E-state index is -4.10. The molecule has 1 atom stereocenters. The lowest BCUT2D eigenvalue weighted by Gasteiger charge is -2.33. The molecule has 0 saturated heterocycles. The monoisotopic (exact) mass is 569 g/mol. The molecule has 0 aromatic heterocycles. The number of sulfonamides is 1. The second-order valence-electron chi connectivity index (χ2n) is 10.7. The second kappa shape index (κ2) is 12.2. The third-order valence-corrected chi connectivity index (χ3v) is 8.08. The van der Waals surface area contributed by atoms with E-state index in [0.29, 0.717) is 10.7 Å². The largest absolute Gasteiger partial charge is 0.350 e. The van der Waals surface area contributed by atoms with Gasteiger partial charge in [-0.05, 0) is 94.6 Å². The average molecular weight is 570 g/mol. The number of amides is 2. The highest BCUT2D eigenvalue weighted by atomic mass is 35.5. The van der Waals surface area contributed by atoms with Crippen molar-refractivity contribution < 1.29 is 18.0 Å². The van der Waals surface area contributed by atoms with Gasteiger partial charge in [0.15, 0.2) is 0 Å². The van der Waals surface area contributed by atoms with Crippen molar-refractivity contribution in [2.45, 2.75) is 64.6 Å². The quantitative estimate of drug-likeness (QED) is 0.369. The van der Waals surface area contributed by atoms with Gasteiger partial charge in [0.1, 0.15) is 12.6 Å². The molecule has 0 spiro atoms. The Morgan fingerprint density at radius 3 is 2.03 bits per heavy atom. The molecule has 3 aromatic rings. The number of benzene rings is 3. The van der Waals surface area contributed by atoms with Crippen molar-refractivity contribution in [2.75, 3.05) is 10.8 Å². The molecule has 1 unspecified atom stereocenters. The van der Waals surface area contributed by atoms with Gasteiger partial charge in [-0.15, -0.1) is 0 Å². The molecule has 0 heterocycles. The molecule has 9 heteroatoms. The summed E-state index contributed by atoms with van der Waals surface area (Å²) >= 11 is 6.05. The van der Waals surface area contributed by atoms with E-state index in [2.05, 4.69) is 5.32 Å². The molecule has 3 aromatic carbocycles. The van der Waals surface area contributed by atoms with Gasteiger partial charge in [0.25, 0.3) is 10.0 Å². The van der Waals surface area contributed by atoms with E-state index in [4.69, 9.17) is 11.6 Å². The molecule has 39 heavy (non-hydrogen) atoms. The van der Waals surface area contributed by atoms with Crippen LogP contribution >= 0.6 is 11.6 Å². The van der Waals surface area contributed by atoms with Crippen molar-refractivity contribution in [2.24, 2.45) is 0 Å². The minimum absolute atomic E-state index is 0.0692. The number of nitrogens with zero attached hydrogens (tertiary/aromatic N) is 2. The number of carbonyl (C=O) groups is 2. The molecule has 0 saturated carbocycles. The number of hydrogen-bond acceptors (Lipinski definition) is 4. The summed E-state index contributed by atoms with van der Waals surface area (Å²) in [5, 5.41) is 3.47. The number of anilines is 1. The summed E-state index contributed by atoms with van der Waals surface area (Å²) in [6.07, 6.45) is 0. The summed E-state index contributed by atoms with van der Waals surface area (Å²) in [6, 6.07) is 19.5. The molecule has 2 amide bonds. The number of halogens is 1. The predicted molar refractivity (Wildman–Crippen MR) is 156 cm³/mol. The van der Waals surface area contributed by atoms with Gasteiger partial charge in [-0.3, -0.25) is 13.9 Å². The van der Waals surface area contributed by atoms with Crippen LogP contribution in [0.1, 0.15) is 44.4 Å². The highest BCUT2D eigenvalue weighted by Gasteiger charge is 2.33. The normalized spacial score (nSPS) is 12.5. The summed E-state index contributed by atoms with van der Waals surface area (Å²) in [7, 11) is -4.10. The van der Waals surface area contributed by atoms with Crippen molar-refractivity contribution in [3.8, 4) is 0 Å². The standard InChI is InChI=1S/C30H36ClN3O4S/c1-21-16-22(2)18-26(17-21)34(39(37,38)27-10-8-7-9-11-27)20-28(35)33(19-24-12-14-25(31)15-13-24)23(3)29(36)32-30(4,5)6/h7-18,23H,19-20H2,1-6H3,(H,32,36). The lowest BCUT2D eigenvalue weighted by Crippen LogP contribution is -2.54. The Bertz CT molecular complexity index is 1400. The molecular weight excluding hydrogens is 534 g/mol. The highest BCUT2D eigenvalue weighted by molar-refractivity contribution is 7.92. The summed E-state index contributed by atoms with van der Waals surface area (Å²) in [5.41, 5.74) is 2.35. The molecule has 0 aliphatic rings. The van der Waals surface area contributed by atoms with E-state index in [1.165, 1.54) is 17.0 Å². The molecule has 0 bridgehead atoms. The maximum absolute atomic E-state index is 14.0. The Kier molecular flexibility index (Phi) is 9.46. The molecule has 208 valence electrons. The molecule has 0 aliphatic heterocycles. The van der Waals surface area contributed by atoms with Crippen molar-refractivity contribution in [3.05, 3.63) is 94.5 Å². The van der Waals surface area contributed by atoms with Crippen molar-refractivity contribution in [1.29, 1.82) is 0 Å². The van der Waals surface area contributed by atoms with Gasteiger partial charge in [0.2, 0.25) is 11.8 Å². The first kappa shape index (κ1) is 30.2. The lowest BCUT2D eigenvalue weighted by molar-refractivity contribution is -0.140. The molecule has 0 fully saturated rings. The zero-order valence-corrected chi connectivity index (χ0v) is 24.8. The topological polar surface area (TPSA) is 86.8 Å². The third kappa shape index (κ3) is 8.07. The number of carbonyl (C=O) groups excluding carboxylic acids is 2. The Balaban J connectivity index is 2.05. The fourth-order valence-corrected chi connectivity index (χ4v) is 5.73. The van der Waals surface area contributed by atoms with Crippen molar-refractivity contribution >= 4 is 39.1 Å². The first-order valence-electron chi connectivity index (χ1n) is 12.7. The van der Waals surface area contributed by atoms with E-state index < -0.39 is 34.1 Å². The van der Waals surface area contributed by atoms with Gasteiger partial charge in [-0.25, -0.2) is 8.42 Å². The van der Waals surface area contributed by atoms with Gasteiger partial charge < -0.3 is 10.2 Å². The first-order chi connectivity index (χ1) is 18.2. The van der Waals surface area contributed by atoms with E-state index in [-0.39, 0.29) is 17.3 Å². The van der Waals surface area contributed by atoms with Crippen LogP contribution in [0.5, 0.6) is 0 Å². The predicted octanol–water partition coefficient (Wildman–Crippen LogP) is 5.48. The Hall–Kier alpha value is -3.36. The van der Waals surface area contributed by atoms with Gasteiger partial charge in [-0.1, -0.05) is 48.0 Å². The van der Waals surface area contributed by atoms with E-state index in [1.807, 2.05) is 40.7 Å². The summed E-state index contributed by atoms with van der Waals surface area (Å²) in [4.78, 5) is 28.6. The fraction of sp³-hybridized carbons (Fsp3) is 0.333. The van der Waals surface area contributed by atoms with Crippen LogP contribution in [0.4, 0.5) is 5.69 Å². The van der Waals surface area contributed by atoms with E-state index in [1.54, 1.807) is 61.5 Å². The Labute approximate surface area is 236 Å². The van der Waals surface area contributed by atoms with Crippen LogP contribution in [0, 0.1) is 13.8 Å². The number of hydrogen-bond donors (Lipinski definition) is 1. The summed E-state index contributed by atoms with van der Waals surface area (Å²) in [5.74, 6) is -0.853. The minimum Gasteiger partial charge on any atom is -0.350 e. The highest BCUT2D eigenvalue weighted by Crippen LogP contribution is 2.27. The van der Waals surface area contributed by atoms with E-state index >= 15 is 0 Å². The summed E-state index contributed by atoms with van der Waals surface area (Å²) in [6.45, 7) is 10.6. The summed E-state index contributed by atoms with van der Waals surface area (Å²) < 4.78 is 28.8. The van der Waals surface area contributed by atoms with Crippen LogP contribution in [-0.2, 0) is 26.2 Å². The van der Waals surface area contributed by atoms with Crippen LogP contribution in [0.2, 0.25) is 5.02 Å². The maximum atomic E-state index is 14.0. The first-order valence-corrected chi connectivity index (χ1v) is 14.5. The van der Waals surface area contributed by atoms with Gasteiger partial charge in [0.05, 0.1) is 10.6 Å². The molecule has 1 N–H and O–H groups in total. The van der Waals surface area contributed by atoms with Crippen LogP contribution in [0.15, 0.2) is 77.7 Å². The van der Waals surface area contributed by atoms with E-state index in [9.17, 15) is 18.0 Å². The molecule has 3 rings (SSSR count). The maximum Gasteiger partial charge on any atom is 0.264 e. The molecule has 7 nitrogen and oxygen atoms in total. The van der Waals surface area contributed by atoms with Crippen LogP contribution < -0.4 is 9.62 Å². The van der Waals surface area contributed by atoms with Crippen LogP contribution in [0.3, 0.4) is 0 Å². The van der Waals surface area contributed by atoms with E-state index in [0.717, 1.165) is 21.0 Å². The second-order valence-corrected chi connectivity index (χ2v) is 13.0. The average Bonchev–Trinajstić information content (AvgIpc) is 2.85. The number of rotatable bonds is 9. The van der Waals surface area contributed by atoms with Crippen molar-refractivity contribution in [3.63, 3.8) is 0 Å². The zero-order valence-electron chi connectivity index (χ0n) is 23.2. The zero-order chi connectivity index (χ0) is 29.0.